The third kappa shape index (κ3) is 2.12. The van der Waals surface area contributed by atoms with Crippen LogP contribution in [-0.2, 0) is 20.9 Å². The monoisotopic (exact) mass is 350 g/mol. The number of carbonyl (C=O) groups excluding carboxylic acids is 3. The number of benzene rings is 1. The first kappa shape index (κ1) is 15.8. The Morgan fingerprint density at radius 2 is 1.65 bits per heavy atom. The number of nitrogens with one attached hydrogen (secondary N) is 1. The molecule has 2 bridgehead atoms. The number of nitrogens with zero attached hydrogens (tertiary/aromatic N) is 1. The predicted molar refractivity (Wildman–Crippen MR) is 94.3 cm³/mol. The van der Waals surface area contributed by atoms with E-state index in [4.69, 9.17) is 0 Å². The lowest BCUT2D eigenvalue weighted by Crippen LogP contribution is -2.48. The molecule has 1 aliphatic heterocycles. The van der Waals surface area contributed by atoms with Crippen LogP contribution in [0.1, 0.15) is 18.9 Å². The highest BCUT2D eigenvalue weighted by Crippen LogP contribution is 2.65. The molecule has 26 heavy (non-hydrogen) atoms. The van der Waals surface area contributed by atoms with Gasteiger partial charge in [0, 0.05) is 6.54 Å². The topological polar surface area (TPSA) is 66.5 Å². The summed E-state index contributed by atoms with van der Waals surface area (Å²) >= 11 is 0. The Morgan fingerprint density at radius 1 is 1.08 bits per heavy atom. The van der Waals surface area contributed by atoms with E-state index < -0.39 is 6.04 Å². The van der Waals surface area contributed by atoms with Gasteiger partial charge in [0.15, 0.2) is 0 Å². The van der Waals surface area contributed by atoms with E-state index in [9.17, 15) is 14.4 Å². The number of rotatable bonds is 4. The third-order valence-electron chi connectivity index (χ3n) is 6.77. The van der Waals surface area contributed by atoms with Crippen LogP contribution < -0.4 is 5.32 Å². The summed E-state index contributed by atoms with van der Waals surface area (Å²) in [6.07, 6.45) is 5.44. The second-order valence-corrected chi connectivity index (χ2v) is 8.08. The summed E-state index contributed by atoms with van der Waals surface area (Å²) in [5, 5.41) is 2.85. The fourth-order valence-electron chi connectivity index (χ4n) is 5.41. The molecule has 2 saturated carbocycles. The van der Waals surface area contributed by atoms with Gasteiger partial charge in [-0.2, -0.15) is 0 Å². The van der Waals surface area contributed by atoms with Gasteiger partial charge < -0.3 is 5.32 Å². The molecule has 1 aromatic rings. The van der Waals surface area contributed by atoms with Crippen molar-refractivity contribution < 1.29 is 14.4 Å². The molecule has 7 atom stereocenters. The lowest BCUT2D eigenvalue weighted by molar-refractivity contribution is -0.147. The molecule has 0 radical (unpaired) electrons. The Hall–Kier alpha value is -2.43. The Bertz CT molecular complexity index is 782. The van der Waals surface area contributed by atoms with Crippen LogP contribution in [0.25, 0.3) is 0 Å². The molecule has 3 amide bonds. The summed E-state index contributed by atoms with van der Waals surface area (Å²) in [4.78, 5) is 39.9. The molecule has 0 unspecified atom stereocenters. The minimum atomic E-state index is -0.764. The molecule has 1 aromatic carbocycles. The SMILES string of the molecule is C[C@H](C(=O)NCc1ccccc1)N1C(=O)[C@@H]2[C@@H]3C=C[C@H]([C@H]4C[C@H]34)[C@@H]2C1=O. The Balaban J connectivity index is 1.32. The first-order valence-electron chi connectivity index (χ1n) is 9.45. The van der Waals surface area contributed by atoms with Gasteiger partial charge >= 0.3 is 0 Å². The maximum absolute atomic E-state index is 13.0. The van der Waals surface area contributed by atoms with E-state index in [1.807, 2.05) is 30.3 Å². The number of hydrogen-bond acceptors (Lipinski definition) is 3. The van der Waals surface area contributed by atoms with Crippen molar-refractivity contribution in [3.8, 4) is 0 Å². The Labute approximate surface area is 152 Å². The molecule has 5 nitrogen and oxygen atoms in total. The summed E-state index contributed by atoms with van der Waals surface area (Å²) in [5.74, 6) is 0.470. The minimum absolute atomic E-state index is 0.146. The van der Waals surface area contributed by atoms with Crippen molar-refractivity contribution in [3.05, 3.63) is 48.0 Å². The van der Waals surface area contributed by atoms with Crippen molar-refractivity contribution in [3.63, 3.8) is 0 Å². The van der Waals surface area contributed by atoms with Gasteiger partial charge in [-0.05, 0) is 42.6 Å². The summed E-state index contributed by atoms with van der Waals surface area (Å²) in [6.45, 7) is 2.05. The second kappa shape index (κ2) is 5.53. The second-order valence-electron chi connectivity index (χ2n) is 8.08. The van der Waals surface area contributed by atoms with E-state index >= 15 is 0 Å². The molecule has 5 heteroatoms. The highest BCUT2D eigenvalue weighted by Gasteiger charge is 2.67. The zero-order valence-corrected chi connectivity index (χ0v) is 14.7. The quantitative estimate of drug-likeness (QED) is 0.664. The molecule has 4 aliphatic carbocycles. The molecular formula is C21H22N2O3. The Kier molecular flexibility index (Phi) is 3.36. The zero-order valence-electron chi connectivity index (χ0n) is 14.7. The predicted octanol–water partition coefficient (Wildman–Crippen LogP) is 1.74. The van der Waals surface area contributed by atoms with Crippen molar-refractivity contribution in [1.29, 1.82) is 0 Å². The van der Waals surface area contributed by atoms with Crippen LogP contribution >= 0.6 is 0 Å². The summed E-state index contributed by atoms with van der Waals surface area (Å²) in [6, 6.07) is 8.85. The summed E-state index contributed by atoms with van der Waals surface area (Å²) in [7, 11) is 0. The largest absolute Gasteiger partial charge is 0.350 e. The standard InChI is InChI=1S/C21H22N2O3/c1-11(19(24)22-10-12-5-3-2-4-6-12)23-20(25)17-13-7-8-14(16-9-15(13)16)18(17)21(23)26/h2-8,11,13-18H,9-10H2,1H3,(H,22,24)/t11-,13-,14-,15-,16-,17-,18+/m1/s1. The average Bonchev–Trinajstić information content (AvgIpc) is 3.44. The molecule has 1 N–H and O–H groups in total. The normalized spacial score (nSPS) is 37.3. The van der Waals surface area contributed by atoms with Crippen molar-refractivity contribution in [2.45, 2.75) is 25.9 Å². The van der Waals surface area contributed by atoms with E-state index in [0.29, 0.717) is 18.4 Å². The van der Waals surface area contributed by atoms with Crippen LogP contribution in [-0.4, -0.2) is 28.7 Å². The van der Waals surface area contributed by atoms with Gasteiger partial charge in [0.2, 0.25) is 17.7 Å². The molecular weight excluding hydrogens is 328 g/mol. The number of allylic oxidation sites excluding steroid dienone is 2. The van der Waals surface area contributed by atoms with E-state index in [1.165, 1.54) is 4.90 Å². The van der Waals surface area contributed by atoms with Gasteiger partial charge in [-0.25, -0.2) is 0 Å². The fraction of sp³-hybridized carbons (Fsp3) is 0.476. The van der Waals surface area contributed by atoms with Crippen molar-refractivity contribution in [1.82, 2.24) is 10.2 Å². The van der Waals surface area contributed by atoms with Crippen LogP contribution in [0.3, 0.4) is 0 Å². The molecule has 134 valence electrons. The van der Waals surface area contributed by atoms with Crippen LogP contribution in [0.5, 0.6) is 0 Å². The van der Waals surface area contributed by atoms with E-state index in [2.05, 4.69) is 17.5 Å². The maximum atomic E-state index is 13.0. The maximum Gasteiger partial charge on any atom is 0.243 e. The first-order valence-corrected chi connectivity index (χ1v) is 9.45. The van der Waals surface area contributed by atoms with Gasteiger partial charge in [0.25, 0.3) is 0 Å². The van der Waals surface area contributed by atoms with Crippen LogP contribution in [0.2, 0.25) is 0 Å². The minimum Gasteiger partial charge on any atom is -0.350 e. The molecule has 6 rings (SSSR count). The zero-order chi connectivity index (χ0) is 18.0. The highest BCUT2D eigenvalue weighted by molar-refractivity contribution is 6.09. The molecule has 0 spiro atoms. The fourth-order valence-corrected chi connectivity index (χ4v) is 5.41. The summed E-state index contributed by atoms with van der Waals surface area (Å²) < 4.78 is 0. The van der Waals surface area contributed by atoms with E-state index in [0.717, 1.165) is 12.0 Å². The summed E-state index contributed by atoms with van der Waals surface area (Å²) in [5.41, 5.74) is 0.989. The molecule has 1 saturated heterocycles. The number of imide groups is 1. The lowest BCUT2D eigenvalue weighted by atomic mass is 9.63. The van der Waals surface area contributed by atoms with Gasteiger partial charge in [-0.15, -0.1) is 0 Å². The molecule has 3 fully saturated rings. The van der Waals surface area contributed by atoms with Gasteiger partial charge in [0.05, 0.1) is 11.8 Å². The molecule has 1 heterocycles. The number of hydrogen-bond donors (Lipinski definition) is 1. The van der Waals surface area contributed by atoms with Gasteiger partial charge in [-0.3, -0.25) is 19.3 Å². The lowest BCUT2D eigenvalue weighted by Gasteiger charge is -2.37. The van der Waals surface area contributed by atoms with Crippen molar-refractivity contribution in [2.75, 3.05) is 0 Å². The van der Waals surface area contributed by atoms with Crippen LogP contribution in [0.4, 0.5) is 0 Å². The van der Waals surface area contributed by atoms with Crippen molar-refractivity contribution in [2.24, 2.45) is 35.5 Å². The van der Waals surface area contributed by atoms with Crippen LogP contribution in [0, 0.1) is 35.5 Å². The van der Waals surface area contributed by atoms with Gasteiger partial charge in [0.1, 0.15) is 6.04 Å². The number of carbonyl (C=O) groups is 3. The van der Waals surface area contributed by atoms with Crippen LogP contribution in [0.15, 0.2) is 42.5 Å². The number of likely N-dealkylation sites (tertiary alicyclic amines) is 1. The third-order valence-corrected chi connectivity index (χ3v) is 6.77. The first-order chi connectivity index (χ1) is 12.6. The number of amides is 3. The van der Waals surface area contributed by atoms with E-state index in [-0.39, 0.29) is 41.4 Å². The molecule has 0 aromatic heterocycles. The average molecular weight is 350 g/mol. The van der Waals surface area contributed by atoms with E-state index in [1.54, 1.807) is 6.92 Å². The molecule has 5 aliphatic rings. The highest BCUT2D eigenvalue weighted by atomic mass is 16.2. The van der Waals surface area contributed by atoms with Crippen molar-refractivity contribution >= 4 is 17.7 Å². The van der Waals surface area contributed by atoms with Gasteiger partial charge in [-0.1, -0.05) is 42.5 Å². The smallest absolute Gasteiger partial charge is 0.243 e. The Morgan fingerprint density at radius 3 is 2.23 bits per heavy atom.